The van der Waals surface area contributed by atoms with Crippen LogP contribution in [0.25, 0.3) is 5.65 Å². The number of hydrogen-bond acceptors (Lipinski definition) is 6. The summed E-state index contributed by atoms with van der Waals surface area (Å²) in [7, 11) is 0. The van der Waals surface area contributed by atoms with Gasteiger partial charge in [-0.1, -0.05) is 11.8 Å². The Labute approximate surface area is 147 Å². The first-order valence-corrected chi connectivity index (χ1v) is 8.74. The molecule has 0 unspecified atom stereocenters. The Kier molecular flexibility index (Phi) is 4.84. The van der Waals surface area contributed by atoms with Crippen LogP contribution in [0.4, 0.5) is 10.1 Å². The second-order valence-corrected chi connectivity index (χ2v) is 5.93. The van der Waals surface area contributed by atoms with Crippen LogP contribution in [0.1, 0.15) is 23.0 Å². The molecule has 0 bridgehead atoms. The molecule has 0 saturated carbocycles. The number of carbonyl (C=O) groups excluding carboxylic acids is 1. The largest absolute Gasteiger partial charge is 0.477 e. The highest BCUT2D eigenvalue weighted by Gasteiger charge is 2.17. The van der Waals surface area contributed by atoms with Crippen LogP contribution in [-0.4, -0.2) is 38.1 Å². The number of amides is 1. The zero-order chi connectivity index (χ0) is 18.0. The summed E-state index contributed by atoms with van der Waals surface area (Å²) in [6, 6.07) is 1.22. The minimum absolute atomic E-state index is 0.182. The number of carbonyl (C=O) groups is 1. The number of aromatic nitrogens is 4. The standard InChI is InChI=1S/C16H16FN5O2S/c1-4-24-15-11(6-18-16(21-15)25-3)14(23)20-10-5-12(17)13-19-9(2)7-22(13)8-10/h5-8H,4H2,1-3H3,(H,20,23). The van der Waals surface area contributed by atoms with E-state index in [1.54, 1.807) is 26.2 Å². The molecular formula is C16H16FN5O2S. The molecular weight excluding hydrogens is 345 g/mol. The Bertz CT molecular complexity index is 944. The molecule has 0 aliphatic carbocycles. The van der Waals surface area contributed by atoms with Crippen LogP contribution >= 0.6 is 11.8 Å². The number of nitrogens with zero attached hydrogens (tertiary/aromatic N) is 4. The number of aryl methyl sites for hydroxylation is 1. The van der Waals surface area contributed by atoms with Crippen molar-refractivity contribution in [3.8, 4) is 5.88 Å². The number of thioether (sulfide) groups is 1. The first-order chi connectivity index (χ1) is 12.0. The third kappa shape index (κ3) is 3.55. The van der Waals surface area contributed by atoms with Crippen LogP contribution in [0, 0.1) is 12.7 Å². The summed E-state index contributed by atoms with van der Waals surface area (Å²) in [5.74, 6) is -0.809. The van der Waals surface area contributed by atoms with Crippen LogP contribution in [0.3, 0.4) is 0 Å². The molecule has 25 heavy (non-hydrogen) atoms. The lowest BCUT2D eigenvalue weighted by Gasteiger charge is -2.10. The van der Waals surface area contributed by atoms with Gasteiger partial charge >= 0.3 is 0 Å². The number of ether oxygens (including phenoxy) is 1. The van der Waals surface area contributed by atoms with Gasteiger partial charge in [0.15, 0.2) is 16.6 Å². The molecule has 0 aliphatic rings. The van der Waals surface area contributed by atoms with E-state index < -0.39 is 11.7 Å². The number of imidazole rings is 1. The van der Waals surface area contributed by atoms with Gasteiger partial charge in [0.25, 0.3) is 5.91 Å². The minimum atomic E-state index is -0.523. The molecule has 130 valence electrons. The molecule has 0 aliphatic heterocycles. The molecule has 9 heteroatoms. The van der Waals surface area contributed by atoms with Gasteiger partial charge in [-0.15, -0.1) is 0 Å². The maximum absolute atomic E-state index is 14.1. The van der Waals surface area contributed by atoms with Gasteiger partial charge in [0.05, 0.1) is 18.0 Å². The number of fused-ring (bicyclic) bond motifs is 1. The molecule has 3 aromatic rings. The molecule has 0 spiro atoms. The van der Waals surface area contributed by atoms with Gasteiger partial charge in [-0.25, -0.2) is 14.4 Å². The molecule has 0 radical (unpaired) electrons. The molecule has 3 rings (SSSR count). The number of anilines is 1. The van der Waals surface area contributed by atoms with Gasteiger partial charge in [0, 0.05) is 24.7 Å². The number of pyridine rings is 1. The number of nitrogens with one attached hydrogen (secondary N) is 1. The van der Waals surface area contributed by atoms with Crippen molar-refractivity contribution in [2.45, 2.75) is 19.0 Å². The third-order valence-corrected chi connectivity index (χ3v) is 3.89. The summed E-state index contributed by atoms with van der Waals surface area (Å²) in [6.07, 6.45) is 6.50. The molecule has 0 atom stereocenters. The Balaban J connectivity index is 1.92. The van der Waals surface area contributed by atoms with Gasteiger partial charge in [-0.2, -0.15) is 4.98 Å². The predicted molar refractivity (Wildman–Crippen MR) is 92.8 cm³/mol. The van der Waals surface area contributed by atoms with E-state index in [1.165, 1.54) is 28.4 Å². The van der Waals surface area contributed by atoms with Crippen molar-refractivity contribution in [3.63, 3.8) is 0 Å². The Morgan fingerprint density at radius 2 is 2.20 bits per heavy atom. The molecule has 0 fully saturated rings. The van der Waals surface area contributed by atoms with Crippen molar-refractivity contribution in [1.29, 1.82) is 0 Å². The first-order valence-electron chi connectivity index (χ1n) is 7.51. The summed E-state index contributed by atoms with van der Waals surface area (Å²) < 4.78 is 21.1. The van der Waals surface area contributed by atoms with Crippen molar-refractivity contribution >= 4 is 29.0 Å². The van der Waals surface area contributed by atoms with Gasteiger partial charge in [-0.05, 0) is 20.1 Å². The molecule has 7 nitrogen and oxygen atoms in total. The highest BCUT2D eigenvalue weighted by molar-refractivity contribution is 7.98. The lowest BCUT2D eigenvalue weighted by atomic mass is 10.3. The van der Waals surface area contributed by atoms with Crippen LogP contribution in [0.5, 0.6) is 5.88 Å². The van der Waals surface area contributed by atoms with Crippen molar-refractivity contribution in [2.24, 2.45) is 0 Å². The second kappa shape index (κ2) is 7.06. The zero-order valence-corrected chi connectivity index (χ0v) is 14.7. The summed E-state index contributed by atoms with van der Waals surface area (Å²) in [5.41, 5.74) is 1.37. The Morgan fingerprint density at radius 1 is 1.40 bits per heavy atom. The topological polar surface area (TPSA) is 81.4 Å². The maximum Gasteiger partial charge on any atom is 0.262 e. The van der Waals surface area contributed by atoms with Crippen LogP contribution in [-0.2, 0) is 0 Å². The van der Waals surface area contributed by atoms with Gasteiger partial charge < -0.3 is 14.5 Å². The Hall–Kier alpha value is -2.68. The molecule has 1 N–H and O–H groups in total. The predicted octanol–water partition coefficient (Wildman–Crippen LogP) is 2.94. The van der Waals surface area contributed by atoms with E-state index in [0.29, 0.717) is 23.1 Å². The van der Waals surface area contributed by atoms with E-state index in [0.717, 1.165) is 0 Å². The van der Waals surface area contributed by atoms with Crippen LogP contribution in [0.15, 0.2) is 29.8 Å². The second-order valence-electron chi connectivity index (χ2n) is 5.15. The summed E-state index contributed by atoms with van der Waals surface area (Å²) >= 11 is 1.35. The van der Waals surface area contributed by atoms with E-state index in [-0.39, 0.29) is 17.1 Å². The SMILES string of the molecule is CCOc1nc(SC)ncc1C(=O)Nc1cc(F)c2nc(C)cn2c1. The van der Waals surface area contributed by atoms with Crippen LogP contribution < -0.4 is 10.1 Å². The van der Waals surface area contributed by atoms with Gasteiger partial charge in [0.1, 0.15) is 5.56 Å². The fourth-order valence-corrected chi connectivity index (χ4v) is 2.63. The maximum atomic E-state index is 14.1. The summed E-state index contributed by atoms with van der Waals surface area (Å²) in [6.45, 7) is 3.93. The van der Waals surface area contributed by atoms with E-state index in [2.05, 4.69) is 20.3 Å². The number of halogens is 1. The number of hydrogen-bond donors (Lipinski definition) is 1. The first kappa shape index (κ1) is 17.2. The molecule has 0 saturated heterocycles. The fraction of sp³-hybridized carbons (Fsp3) is 0.250. The quantitative estimate of drug-likeness (QED) is 0.556. The monoisotopic (exact) mass is 361 g/mol. The van der Waals surface area contributed by atoms with Crippen LogP contribution in [0.2, 0.25) is 0 Å². The van der Waals surface area contributed by atoms with Crippen molar-refractivity contribution < 1.29 is 13.9 Å². The fourth-order valence-electron chi connectivity index (χ4n) is 2.30. The summed E-state index contributed by atoms with van der Waals surface area (Å²) in [5, 5.41) is 3.14. The number of rotatable bonds is 5. The highest BCUT2D eigenvalue weighted by atomic mass is 32.2. The summed E-state index contributed by atoms with van der Waals surface area (Å²) in [4.78, 5) is 24.9. The third-order valence-electron chi connectivity index (χ3n) is 3.32. The highest BCUT2D eigenvalue weighted by Crippen LogP contribution is 2.21. The minimum Gasteiger partial charge on any atom is -0.477 e. The Morgan fingerprint density at radius 3 is 2.92 bits per heavy atom. The zero-order valence-electron chi connectivity index (χ0n) is 13.9. The lowest BCUT2D eigenvalue weighted by Crippen LogP contribution is -2.16. The normalized spacial score (nSPS) is 10.9. The lowest BCUT2D eigenvalue weighted by molar-refractivity contribution is 0.102. The van der Waals surface area contributed by atoms with Gasteiger partial charge in [0.2, 0.25) is 5.88 Å². The average Bonchev–Trinajstić information content (AvgIpc) is 2.96. The van der Waals surface area contributed by atoms with E-state index in [9.17, 15) is 9.18 Å². The van der Waals surface area contributed by atoms with Crippen molar-refractivity contribution in [3.05, 3.63) is 41.7 Å². The average molecular weight is 361 g/mol. The van der Waals surface area contributed by atoms with E-state index >= 15 is 0 Å². The van der Waals surface area contributed by atoms with Crippen molar-refractivity contribution in [2.75, 3.05) is 18.2 Å². The van der Waals surface area contributed by atoms with Crippen molar-refractivity contribution in [1.82, 2.24) is 19.4 Å². The van der Waals surface area contributed by atoms with Gasteiger partial charge in [-0.3, -0.25) is 4.79 Å². The van der Waals surface area contributed by atoms with E-state index in [4.69, 9.17) is 4.74 Å². The molecule has 3 aromatic heterocycles. The smallest absolute Gasteiger partial charge is 0.262 e. The van der Waals surface area contributed by atoms with E-state index in [1.807, 2.05) is 6.26 Å². The molecule has 1 amide bonds. The molecule has 0 aromatic carbocycles. The molecule has 3 heterocycles.